The van der Waals surface area contributed by atoms with Crippen LogP contribution in [-0.4, -0.2) is 31.0 Å². The van der Waals surface area contributed by atoms with Gasteiger partial charge in [0.15, 0.2) is 22.9 Å². The van der Waals surface area contributed by atoms with Crippen LogP contribution in [0.15, 0.2) is 24.3 Å². The lowest BCUT2D eigenvalue weighted by Gasteiger charge is -2.21. The summed E-state index contributed by atoms with van der Waals surface area (Å²) in [7, 11) is 0. The predicted octanol–water partition coefficient (Wildman–Crippen LogP) is -3.62. The number of nitrogens with one attached hydrogen (secondary N) is 4. The van der Waals surface area contributed by atoms with Gasteiger partial charge in [-0.25, -0.2) is 20.8 Å². The monoisotopic (exact) mass is 374 g/mol. The van der Waals surface area contributed by atoms with E-state index >= 15 is 0 Å². The normalized spacial score (nSPS) is 16.2. The second-order valence-corrected chi connectivity index (χ2v) is 5.06. The van der Waals surface area contributed by atoms with Crippen molar-refractivity contribution in [3.8, 4) is 22.6 Å². The molecule has 4 atom stereocenters. The van der Waals surface area contributed by atoms with Crippen LogP contribution in [-0.2, 0) is 0 Å². The van der Waals surface area contributed by atoms with E-state index < -0.39 is 66.3 Å². The first-order chi connectivity index (χ1) is 12.0. The third kappa shape index (κ3) is 3.71. The molecule has 10 N–H and O–H groups in total. The molecule has 0 heterocycles. The minimum Gasteiger partial charge on any atom is -0.595 e. The molecule has 0 aromatic heterocycles. The molecule has 142 valence electrons. The fraction of sp³-hybridized carbons (Fsp3) is 0. The Bertz CT molecular complexity index is 744. The van der Waals surface area contributed by atoms with Gasteiger partial charge in [0.05, 0.1) is 12.1 Å². The Hall–Kier alpha value is -2.44. The third-order valence-electron chi connectivity index (χ3n) is 3.46. The minimum atomic E-state index is -1.68. The number of rotatable bonds is 5. The highest BCUT2D eigenvalue weighted by Crippen LogP contribution is 2.43. The standard InChI is InChI=1S/C12H14N4O10/c17-11-7(1-5(13(19)20)3-9(11)15(23)24)8-2-6(14(21)22)4-10(12(8)18)16(25)26/h1-4,13-19,21,23,25H. The SMILES string of the molecule is [O-][NH+](O)c1cc(-c2cc([NH+]([O-])O)cc([NH+]([O-])O)c2O)c(O)c([NH+]([O-])O)c1. The largest absolute Gasteiger partial charge is 0.595 e. The Labute approximate surface area is 143 Å². The van der Waals surface area contributed by atoms with Crippen LogP contribution in [0.2, 0.25) is 0 Å². The van der Waals surface area contributed by atoms with Crippen LogP contribution in [0.25, 0.3) is 11.1 Å². The second kappa shape index (κ2) is 7.43. The Balaban J connectivity index is 2.86. The zero-order valence-corrected chi connectivity index (χ0v) is 12.6. The molecule has 0 amide bonds. The third-order valence-corrected chi connectivity index (χ3v) is 3.46. The molecule has 14 heteroatoms. The van der Waals surface area contributed by atoms with E-state index in [-0.39, 0.29) is 0 Å². The maximum absolute atomic E-state index is 11.2. The zero-order chi connectivity index (χ0) is 19.8. The Morgan fingerprint density at radius 2 is 0.846 bits per heavy atom. The van der Waals surface area contributed by atoms with Crippen LogP contribution >= 0.6 is 0 Å². The molecule has 4 unspecified atom stereocenters. The molecular weight excluding hydrogens is 360 g/mol. The van der Waals surface area contributed by atoms with Gasteiger partial charge in [0.2, 0.25) is 11.4 Å². The quantitative estimate of drug-likeness (QED) is 0.140. The van der Waals surface area contributed by atoms with Crippen molar-refractivity contribution >= 4 is 22.7 Å². The second-order valence-electron chi connectivity index (χ2n) is 5.06. The fourth-order valence-corrected chi connectivity index (χ4v) is 2.25. The van der Waals surface area contributed by atoms with Crippen molar-refractivity contribution in [1.82, 2.24) is 0 Å². The van der Waals surface area contributed by atoms with Crippen molar-refractivity contribution in [2.75, 3.05) is 0 Å². The first kappa shape index (κ1) is 19.9. The van der Waals surface area contributed by atoms with Gasteiger partial charge < -0.3 is 31.0 Å². The van der Waals surface area contributed by atoms with Crippen molar-refractivity contribution < 1.29 is 51.9 Å². The van der Waals surface area contributed by atoms with Crippen LogP contribution in [0.4, 0.5) is 22.7 Å². The first-order valence-corrected chi connectivity index (χ1v) is 6.72. The highest BCUT2D eigenvalue weighted by atomic mass is 16.8. The van der Waals surface area contributed by atoms with Gasteiger partial charge in [-0.1, -0.05) is 0 Å². The maximum Gasteiger partial charge on any atom is 0.212 e. The molecule has 14 nitrogen and oxygen atoms in total. The minimum absolute atomic E-state index is 0.551. The highest BCUT2D eigenvalue weighted by Gasteiger charge is 2.26. The van der Waals surface area contributed by atoms with E-state index in [1.165, 1.54) is 0 Å². The van der Waals surface area contributed by atoms with E-state index in [1.807, 2.05) is 0 Å². The van der Waals surface area contributed by atoms with Gasteiger partial charge in [-0.3, -0.25) is 0 Å². The van der Waals surface area contributed by atoms with Gasteiger partial charge in [-0.2, -0.15) is 20.9 Å². The summed E-state index contributed by atoms with van der Waals surface area (Å²) in [4.78, 5) is 0. The van der Waals surface area contributed by atoms with E-state index in [0.717, 1.165) is 12.1 Å². The summed E-state index contributed by atoms with van der Waals surface area (Å²) in [6.45, 7) is 0. The molecule has 0 aliphatic rings. The van der Waals surface area contributed by atoms with Crippen molar-refractivity contribution in [2.24, 2.45) is 0 Å². The van der Waals surface area contributed by atoms with Crippen LogP contribution in [0.3, 0.4) is 0 Å². The van der Waals surface area contributed by atoms with Gasteiger partial charge in [-0.05, 0) is 0 Å². The lowest BCUT2D eigenvalue weighted by Crippen LogP contribution is -3.01. The van der Waals surface area contributed by atoms with Gasteiger partial charge >= 0.3 is 0 Å². The number of hydrogen-bond donors (Lipinski definition) is 10. The van der Waals surface area contributed by atoms with Gasteiger partial charge in [0.1, 0.15) is 0 Å². The summed E-state index contributed by atoms with van der Waals surface area (Å²) >= 11 is 0. The summed E-state index contributed by atoms with van der Waals surface area (Å²) < 4.78 is 0. The van der Waals surface area contributed by atoms with Crippen molar-refractivity contribution in [3.63, 3.8) is 0 Å². The van der Waals surface area contributed by atoms with Gasteiger partial charge in [-0.15, -0.1) is 0 Å². The molecule has 0 bridgehead atoms. The van der Waals surface area contributed by atoms with Crippen LogP contribution in [0.5, 0.6) is 11.5 Å². The molecule has 0 spiro atoms. The van der Waals surface area contributed by atoms with E-state index in [4.69, 9.17) is 20.8 Å². The molecular formula is C12H14N4O10. The van der Waals surface area contributed by atoms with E-state index in [0.29, 0.717) is 12.1 Å². The molecule has 0 saturated carbocycles. The number of quaternary nitrogens is 4. The zero-order valence-electron chi connectivity index (χ0n) is 12.6. The summed E-state index contributed by atoms with van der Waals surface area (Å²) in [6, 6.07) is 2.91. The average molecular weight is 374 g/mol. The molecule has 0 saturated heterocycles. The van der Waals surface area contributed by atoms with Gasteiger partial charge in [0, 0.05) is 23.3 Å². The molecule has 0 radical (unpaired) electrons. The molecule has 26 heavy (non-hydrogen) atoms. The highest BCUT2D eigenvalue weighted by molar-refractivity contribution is 5.85. The summed E-state index contributed by atoms with van der Waals surface area (Å²) in [5.41, 5.74) is -3.90. The Morgan fingerprint density at radius 1 is 0.538 bits per heavy atom. The average Bonchev–Trinajstić information content (AvgIpc) is 2.54. The lowest BCUT2D eigenvalue weighted by atomic mass is 10.00. The number of benzene rings is 2. The molecule has 0 aliphatic heterocycles. The van der Waals surface area contributed by atoms with Gasteiger partial charge in [0.25, 0.3) is 0 Å². The van der Waals surface area contributed by atoms with Crippen LogP contribution in [0, 0.1) is 20.8 Å². The van der Waals surface area contributed by atoms with Crippen LogP contribution < -0.4 is 20.9 Å². The summed E-state index contributed by atoms with van der Waals surface area (Å²) in [5, 5.41) is 94.9. The topological polar surface area (TPSA) is 231 Å². The maximum atomic E-state index is 11.2. The van der Waals surface area contributed by atoms with Crippen molar-refractivity contribution in [1.29, 1.82) is 0 Å². The lowest BCUT2D eigenvalue weighted by molar-refractivity contribution is -0.996. The van der Waals surface area contributed by atoms with Crippen molar-refractivity contribution in [2.45, 2.75) is 0 Å². The number of phenols is 2. The number of phenolic OH excluding ortho intramolecular Hbond substituents is 2. The molecule has 0 fully saturated rings. The van der Waals surface area contributed by atoms with E-state index in [2.05, 4.69) is 0 Å². The summed E-state index contributed by atoms with van der Waals surface area (Å²) in [5.74, 6) is -1.92. The smallest absolute Gasteiger partial charge is 0.212 e. The predicted molar refractivity (Wildman–Crippen MR) is 78.3 cm³/mol. The molecule has 2 aromatic rings. The van der Waals surface area contributed by atoms with E-state index in [9.17, 15) is 31.0 Å². The fourth-order valence-electron chi connectivity index (χ4n) is 2.25. The van der Waals surface area contributed by atoms with Crippen LogP contribution in [0.1, 0.15) is 0 Å². The summed E-state index contributed by atoms with van der Waals surface area (Å²) in [6.07, 6.45) is 0. The Kier molecular flexibility index (Phi) is 5.68. The van der Waals surface area contributed by atoms with Crippen molar-refractivity contribution in [3.05, 3.63) is 45.1 Å². The molecule has 2 aromatic carbocycles. The number of aromatic hydroxyl groups is 2. The molecule has 0 aliphatic carbocycles. The molecule has 2 rings (SSSR count). The number of hydrogen-bond acceptors (Lipinski definition) is 10. The Morgan fingerprint density at radius 3 is 1.08 bits per heavy atom. The van der Waals surface area contributed by atoms with E-state index in [1.54, 1.807) is 0 Å². The first-order valence-electron chi connectivity index (χ1n) is 6.72.